The largest absolute Gasteiger partial charge is 0.424 e. The second-order valence-corrected chi connectivity index (χ2v) is 3.79. The van der Waals surface area contributed by atoms with Gasteiger partial charge in [-0.3, -0.25) is 4.79 Å². The molecule has 0 aliphatic rings. The van der Waals surface area contributed by atoms with E-state index in [1.165, 1.54) is 20.2 Å². The van der Waals surface area contributed by atoms with E-state index in [-0.39, 0.29) is 6.42 Å². The van der Waals surface area contributed by atoms with Crippen molar-refractivity contribution < 1.29 is 23.1 Å². The number of imidazole rings is 1. The summed E-state index contributed by atoms with van der Waals surface area (Å²) in [6.07, 6.45) is -3.61. The molecule has 0 saturated heterocycles. The molecule has 1 N–H and O–H groups in total. The van der Waals surface area contributed by atoms with Gasteiger partial charge in [0.05, 0.1) is 6.42 Å². The van der Waals surface area contributed by atoms with Crippen LogP contribution >= 0.6 is 0 Å². The molecule has 0 radical (unpaired) electrons. The zero-order chi connectivity index (χ0) is 13.3. The Hall–Kier alpha value is -1.37. The fourth-order valence-corrected chi connectivity index (χ4v) is 1.48. The van der Waals surface area contributed by atoms with Gasteiger partial charge in [0.25, 0.3) is 0 Å². The third-order valence-corrected chi connectivity index (χ3v) is 2.51. The van der Waals surface area contributed by atoms with Gasteiger partial charge in [0.1, 0.15) is 5.78 Å². The van der Waals surface area contributed by atoms with Crippen LogP contribution in [0.2, 0.25) is 0 Å². The van der Waals surface area contributed by atoms with Gasteiger partial charge in [-0.1, -0.05) is 6.92 Å². The van der Waals surface area contributed by atoms with Crippen molar-refractivity contribution in [2.45, 2.75) is 31.5 Å². The molecule has 0 aliphatic heterocycles. The number of carbonyl (C=O) groups is 1. The van der Waals surface area contributed by atoms with Crippen molar-refractivity contribution in [2.24, 2.45) is 7.05 Å². The summed E-state index contributed by atoms with van der Waals surface area (Å²) in [6.45, 7) is 1.44. The number of halogens is 3. The van der Waals surface area contributed by atoms with Gasteiger partial charge >= 0.3 is 6.18 Å². The Morgan fingerprint density at radius 2 is 2.12 bits per heavy atom. The van der Waals surface area contributed by atoms with E-state index in [0.717, 1.165) is 10.8 Å². The third kappa shape index (κ3) is 2.49. The van der Waals surface area contributed by atoms with Crippen LogP contribution in [0.3, 0.4) is 0 Å². The first-order valence-electron chi connectivity index (χ1n) is 5.01. The number of rotatable bonds is 4. The maximum atomic E-state index is 12.9. The van der Waals surface area contributed by atoms with Crippen molar-refractivity contribution in [1.29, 1.82) is 0 Å². The van der Waals surface area contributed by atoms with Crippen LogP contribution in [-0.2, 0) is 17.4 Å². The van der Waals surface area contributed by atoms with Crippen LogP contribution in [0, 0.1) is 0 Å². The molecule has 1 atom stereocenters. The van der Waals surface area contributed by atoms with Crippen molar-refractivity contribution in [3.63, 3.8) is 0 Å². The van der Waals surface area contributed by atoms with E-state index >= 15 is 0 Å². The highest BCUT2D eigenvalue weighted by Crippen LogP contribution is 2.40. The summed E-state index contributed by atoms with van der Waals surface area (Å²) in [7, 11) is 1.33. The number of nitrogens with zero attached hydrogens (tertiary/aromatic N) is 2. The van der Waals surface area contributed by atoms with Crippen LogP contribution in [0.5, 0.6) is 0 Å². The second-order valence-electron chi connectivity index (χ2n) is 3.79. The zero-order valence-electron chi connectivity index (χ0n) is 9.45. The highest BCUT2D eigenvalue weighted by atomic mass is 19.4. The summed E-state index contributed by atoms with van der Waals surface area (Å²) in [5.41, 5.74) is -3.22. The maximum Gasteiger partial charge on any atom is 0.424 e. The highest BCUT2D eigenvalue weighted by Gasteiger charge is 2.58. The van der Waals surface area contributed by atoms with Crippen LogP contribution in [0.4, 0.5) is 13.2 Å². The Bertz CT molecular complexity index is 414. The fraction of sp³-hybridized carbons (Fsp3) is 0.600. The van der Waals surface area contributed by atoms with Gasteiger partial charge in [-0.05, 0) is 0 Å². The lowest BCUT2D eigenvalue weighted by molar-refractivity contribution is -0.270. The maximum absolute atomic E-state index is 12.9. The Morgan fingerprint density at radius 1 is 1.53 bits per heavy atom. The molecule has 1 rings (SSSR count). The van der Waals surface area contributed by atoms with E-state index in [4.69, 9.17) is 0 Å². The first-order valence-corrected chi connectivity index (χ1v) is 5.01. The van der Waals surface area contributed by atoms with Crippen LogP contribution < -0.4 is 0 Å². The van der Waals surface area contributed by atoms with Crippen LogP contribution in [0.25, 0.3) is 0 Å². The summed E-state index contributed by atoms with van der Waals surface area (Å²) in [6, 6.07) is 0. The number of carbonyl (C=O) groups excluding carboxylic acids is 1. The van der Waals surface area contributed by atoms with Crippen LogP contribution in [0.1, 0.15) is 25.6 Å². The van der Waals surface area contributed by atoms with Gasteiger partial charge < -0.3 is 9.67 Å². The average molecular weight is 250 g/mol. The zero-order valence-corrected chi connectivity index (χ0v) is 9.45. The van der Waals surface area contributed by atoms with Crippen molar-refractivity contribution in [3.8, 4) is 0 Å². The molecule has 1 aromatic rings. The minimum atomic E-state index is -4.95. The minimum absolute atomic E-state index is 0.0667. The molecule has 1 aromatic heterocycles. The Morgan fingerprint density at radius 3 is 2.47 bits per heavy atom. The quantitative estimate of drug-likeness (QED) is 0.881. The first-order chi connectivity index (χ1) is 7.72. The van der Waals surface area contributed by atoms with Crippen molar-refractivity contribution in [2.75, 3.05) is 0 Å². The van der Waals surface area contributed by atoms with Crippen molar-refractivity contribution >= 4 is 5.78 Å². The van der Waals surface area contributed by atoms with Gasteiger partial charge in [-0.15, -0.1) is 0 Å². The number of hydrogen-bond acceptors (Lipinski definition) is 3. The highest BCUT2D eigenvalue weighted by molar-refractivity contribution is 5.79. The predicted octanol–water partition coefficient (Wildman–Crippen LogP) is 1.54. The molecule has 17 heavy (non-hydrogen) atoms. The van der Waals surface area contributed by atoms with Crippen LogP contribution in [-0.4, -0.2) is 26.6 Å². The number of aromatic nitrogens is 2. The Balaban J connectivity index is 3.21. The molecule has 0 fully saturated rings. The predicted molar refractivity (Wildman–Crippen MR) is 53.1 cm³/mol. The van der Waals surface area contributed by atoms with Crippen molar-refractivity contribution in [1.82, 2.24) is 9.55 Å². The third-order valence-electron chi connectivity index (χ3n) is 2.51. The van der Waals surface area contributed by atoms with Gasteiger partial charge in [-0.2, -0.15) is 13.2 Å². The van der Waals surface area contributed by atoms with Gasteiger partial charge in [-0.25, -0.2) is 4.98 Å². The molecule has 0 saturated carbocycles. The molecule has 96 valence electrons. The number of Topliss-reactive ketones (excluding diaryl/α,β-unsaturated/α-hetero) is 1. The van der Waals surface area contributed by atoms with Gasteiger partial charge in [0.2, 0.25) is 5.60 Å². The van der Waals surface area contributed by atoms with Crippen LogP contribution in [0.15, 0.2) is 12.4 Å². The Labute approximate surface area is 96.1 Å². The molecule has 4 nitrogen and oxygen atoms in total. The van der Waals surface area contributed by atoms with Gasteiger partial charge in [0, 0.05) is 25.9 Å². The lowest BCUT2D eigenvalue weighted by Crippen LogP contribution is -2.45. The summed E-state index contributed by atoms with van der Waals surface area (Å²) < 4.78 is 39.7. The van der Waals surface area contributed by atoms with E-state index in [9.17, 15) is 23.1 Å². The standard InChI is InChI=1S/C10H13F3N2O2/c1-3-7(16)6-9(17,10(11,12)13)8-14-4-5-15(8)2/h4-5,17H,3,6H2,1-2H3. The van der Waals surface area contributed by atoms with E-state index in [1.807, 2.05) is 0 Å². The molecule has 1 unspecified atom stereocenters. The smallest absolute Gasteiger partial charge is 0.374 e. The number of aryl methyl sites for hydroxylation is 1. The minimum Gasteiger partial charge on any atom is -0.374 e. The van der Waals surface area contributed by atoms with E-state index < -0.39 is 29.8 Å². The molecule has 0 amide bonds. The first kappa shape index (κ1) is 13.7. The molecule has 1 heterocycles. The lowest BCUT2D eigenvalue weighted by atomic mass is 9.94. The fourth-order valence-electron chi connectivity index (χ4n) is 1.48. The normalized spacial score (nSPS) is 15.6. The molecule has 0 spiro atoms. The molecule has 0 aromatic carbocycles. The number of aliphatic hydroxyl groups is 1. The SMILES string of the molecule is CCC(=O)CC(O)(c1nccn1C)C(F)(F)F. The summed E-state index contributed by atoms with van der Waals surface area (Å²) in [5.74, 6) is -1.25. The Kier molecular flexibility index (Phi) is 3.61. The summed E-state index contributed by atoms with van der Waals surface area (Å²) in [4.78, 5) is 14.7. The van der Waals surface area contributed by atoms with E-state index in [2.05, 4.69) is 4.98 Å². The lowest BCUT2D eigenvalue weighted by Gasteiger charge is -2.29. The number of ketones is 1. The number of alkyl halides is 3. The molecule has 0 aliphatic carbocycles. The summed E-state index contributed by atoms with van der Waals surface area (Å²) in [5, 5.41) is 9.76. The van der Waals surface area contributed by atoms with Crippen molar-refractivity contribution in [3.05, 3.63) is 18.2 Å². The van der Waals surface area contributed by atoms with E-state index in [1.54, 1.807) is 0 Å². The molecular weight excluding hydrogens is 237 g/mol. The second kappa shape index (κ2) is 4.48. The molecule has 0 bridgehead atoms. The molecule has 7 heteroatoms. The number of hydrogen-bond donors (Lipinski definition) is 1. The summed E-state index contributed by atoms with van der Waals surface area (Å²) >= 11 is 0. The molecular formula is C10H13F3N2O2. The monoisotopic (exact) mass is 250 g/mol. The average Bonchev–Trinajstić information content (AvgIpc) is 2.62. The topological polar surface area (TPSA) is 55.1 Å². The van der Waals surface area contributed by atoms with Gasteiger partial charge in [0.15, 0.2) is 5.82 Å². The van der Waals surface area contributed by atoms with E-state index in [0.29, 0.717) is 0 Å².